The average Bonchev–Trinajstić information content (AvgIpc) is 3.73. The second-order valence-electron chi connectivity index (χ2n) is 12.4. The van der Waals surface area contributed by atoms with Crippen molar-refractivity contribution in [1.82, 2.24) is 0 Å². The molecule has 0 fully saturated rings. The molecule has 0 unspecified atom stereocenters. The summed E-state index contributed by atoms with van der Waals surface area (Å²) in [4.78, 5) is 0. The van der Waals surface area contributed by atoms with Crippen LogP contribution >= 0.6 is 0 Å². The van der Waals surface area contributed by atoms with Crippen LogP contribution in [-0.4, -0.2) is 0 Å². The summed E-state index contributed by atoms with van der Waals surface area (Å²) in [6.45, 7) is 0. The van der Waals surface area contributed by atoms with Gasteiger partial charge in [-0.05, 0) is 73.6 Å². The summed E-state index contributed by atoms with van der Waals surface area (Å²) < 4.78 is 13.6. The molecule has 2 nitrogen and oxygen atoms in total. The van der Waals surface area contributed by atoms with Crippen LogP contribution in [0.3, 0.4) is 0 Å². The minimum atomic E-state index is 0.769. The minimum absolute atomic E-state index is 0.769. The maximum Gasteiger partial charge on any atom is 0.178 e. The normalized spacial score (nSPS) is 11.8. The van der Waals surface area contributed by atoms with E-state index < -0.39 is 0 Å². The van der Waals surface area contributed by atoms with Crippen molar-refractivity contribution in [2.75, 3.05) is 0 Å². The minimum Gasteiger partial charge on any atom is -0.452 e. The quantitative estimate of drug-likeness (QED) is 0.185. The van der Waals surface area contributed by atoms with E-state index in [4.69, 9.17) is 8.83 Å². The van der Waals surface area contributed by atoms with Gasteiger partial charge >= 0.3 is 0 Å². The monoisotopic (exact) mass is 612 g/mol. The predicted molar refractivity (Wildman–Crippen MR) is 200 cm³/mol. The second kappa shape index (κ2) is 10.6. The van der Waals surface area contributed by atoms with Gasteiger partial charge < -0.3 is 8.83 Å². The van der Waals surface area contributed by atoms with Crippen molar-refractivity contribution >= 4 is 54.5 Å². The summed E-state index contributed by atoms with van der Waals surface area (Å²) in [5.41, 5.74) is 10.5. The van der Waals surface area contributed by atoms with E-state index >= 15 is 0 Å². The molecule has 8 aromatic carbocycles. The second-order valence-corrected chi connectivity index (χ2v) is 12.4. The first-order valence-corrected chi connectivity index (χ1v) is 16.4. The SMILES string of the molecule is c1ccc(-c2cccc(-c3c4ccccc4c(-c4oc5c(ccc6c7ccccc7oc65)c4-c4ccccc4)c4ccccc34)c2)cc1. The summed E-state index contributed by atoms with van der Waals surface area (Å²) in [5.74, 6) is 0.848. The third-order valence-corrected chi connectivity index (χ3v) is 9.68. The maximum absolute atomic E-state index is 7.13. The molecule has 48 heavy (non-hydrogen) atoms. The van der Waals surface area contributed by atoms with E-state index in [-0.39, 0.29) is 0 Å². The van der Waals surface area contributed by atoms with Crippen LogP contribution in [0, 0.1) is 0 Å². The Morgan fingerprint density at radius 1 is 0.271 bits per heavy atom. The molecule has 0 spiro atoms. The Labute approximate surface area is 277 Å². The van der Waals surface area contributed by atoms with Crippen LogP contribution in [0.15, 0.2) is 179 Å². The molecule has 0 radical (unpaired) electrons. The molecule has 10 aromatic rings. The fourth-order valence-corrected chi connectivity index (χ4v) is 7.57. The summed E-state index contributed by atoms with van der Waals surface area (Å²) >= 11 is 0. The molecule has 0 saturated heterocycles. The average molecular weight is 613 g/mol. The Morgan fingerprint density at radius 3 is 1.46 bits per heavy atom. The van der Waals surface area contributed by atoms with Crippen molar-refractivity contribution in [3.8, 4) is 44.7 Å². The van der Waals surface area contributed by atoms with Gasteiger partial charge in [0.05, 0.1) is 0 Å². The summed E-state index contributed by atoms with van der Waals surface area (Å²) in [5, 5.41) is 7.85. The van der Waals surface area contributed by atoms with E-state index in [2.05, 4.69) is 158 Å². The van der Waals surface area contributed by atoms with Crippen molar-refractivity contribution in [2.45, 2.75) is 0 Å². The highest BCUT2D eigenvalue weighted by Gasteiger charge is 2.26. The fourth-order valence-electron chi connectivity index (χ4n) is 7.57. The van der Waals surface area contributed by atoms with Crippen molar-refractivity contribution in [3.63, 3.8) is 0 Å². The Kier molecular flexibility index (Phi) is 5.91. The van der Waals surface area contributed by atoms with E-state index in [0.29, 0.717) is 0 Å². The number of hydrogen-bond acceptors (Lipinski definition) is 2. The lowest BCUT2D eigenvalue weighted by molar-refractivity contribution is 0.613. The van der Waals surface area contributed by atoms with E-state index in [0.717, 1.165) is 66.1 Å². The zero-order valence-electron chi connectivity index (χ0n) is 26.0. The third-order valence-electron chi connectivity index (χ3n) is 9.68. The molecule has 0 atom stereocenters. The highest BCUT2D eigenvalue weighted by atomic mass is 16.4. The highest BCUT2D eigenvalue weighted by Crippen LogP contribution is 2.50. The number of para-hydroxylation sites is 1. The van der Waals surface area contributed by atoms with Crippen molar-refractivity contribution in [2.24, 2.45) is 0 Å². The van der Waals surface area contributed by atoms with Crippen LogP contribution in [0.1, 0.15) is 0 Å². The van der Waals surface area contributed by atoms with E-state index in [9.17, 15) is 0 Å². The van der Waals surface area contributed by atoms with Gasteiger partial charge in [-0.2, -0.15) is 0 Å². The van der Waals surface area contributed by atoms with Gasteiger partial charge in [-0.3, -0.25) is 0 Å². The van der Waals surface area contributed by atoms with Crippen LogP contribution in [0.4, 0.5) is 0 Å². The van der Waals surface area contributed by atoms with Crippen molar-refractivity contribution in [3.05, 3.63) is 170 Å². The van der Waals surface area contributed by atoms with Gasteiger partial charge in [0.25, 0.3) is 0 Å². The fraction of sp³-hybridized carbons (Fsp3) is 0. The van der Waals surface area contributed by atoms with Gasteiger partial charge in [-0.25, -0.2) is 0 Å². The number of benzene rings is 8. The number of fused-ring (bicyclic) bond motifs is 7. The first kappa shape index (κ1) is 26.8. The highest BCUT2D eigenvalue weighted by molar-refractivity contribution is 6.24. The number of furan rings is 2. The molecule has 0 aliphatic heterocycles. The molecule has 2 heteroatoms. The lowest BCUT2D eigenvalue weighted by atomic mass is 9.85. The van der Waals surface area contributed by atoms with Crippen LogP contribution < -0.4 is 0 Å². The molecule has 0 bridgehead atoms. The number of hydrogen-bond donors (Lipinski definition) is 0. The predicted octanol–water partition coefficient (Wildman–Crippen LogP) is 13.3. The molecular weight excluding hydrogens is 585 g/mol. The molecule has 0 aliphatic rings. The largest absolute Gasteiger partial charge is 0.452 e. The van der Waals surface area contributed by atoms with Crippen LogP contribution in [-0.2, 0) is 0 Å². The summed E-state index contributed by atoms with van der Waals surface area (Å²) in [6, 6.07) is 60.2. The molecule has 2 heterocycles. The van der Waals surface area contributed by atoms with Gasteiger partial charge in [0.15, 0.2) is 11.2 Å². The topological polar surface area (TPSA) is 26.3 Å². The lowest BCUT2D eigenvalue weighted by Crippen LogP contribution is -1.91. The maximum atomic E-state index is 7.13. The Hall–Kier alpha value is -6.38. The van der Waals surface area contributed by atoms with E-state index in [1.54, 1.807) is 0 Å². The smallest absolute Gasteiger partial charge is 0.178 e. The van der Waals surface area contributed by atoms with Gasteiger partial charge in [-0.15, -0.1) is 0 Å². The van der Waals surface area contributed by atoms with Gasteiger partial charge in [0.1, 0.15) is 11.3 Å². The van der Waals surface area contributed by atoms with E-state index in [1.165, 1.54) is 33.0 Å². The molecular formula is C46H28O2. The van der Waals surface area contributed by atoms with Crippen molar-refractivity contribution < 1.29 is 8.83 Å². The van der Waals surface area contributed by atoms with Crippen LogP contribution in [0.5, 0.6) is 0 Å². The number of rotatable bonds is 4. The van der Waals surface area contributed by atoms with Crippen LogP contribution in [0.25, 0.3) is 99.2 Å². The molecule has 0 amide bonds. The van der Waals surface area contributed by atoms with E-state index in [1.807, 2.05) is 12.1 Å². The Balaban J connectivity index is 1.33. The molecule has 2 aromatic heterocycles. The third kappa shape index (κ3) is 4.00. The first-order valence-electron chi connectivity index (χ1n) is 16.4. The molecule has 0 N–H and O–H groups in total. The zero-order valence-corrected chi connectivity index (χ0v) is 26.0. The first-order chi connectivity index (χ1) is 23.8. The van der Waals surface area contributed by atoms with Gasteiger partial charge in [-0.1, -0.05) is 146 Å². The standard InChI is InChI=1S/C46H28O2/c1-3-14-29(15-4-1)31-18-13-19-32(28-31)41-34-21-7-9-23-36(34)43(37-24-10-8-22-35(37)41)46-42(30-16-5-2-6-17-30)39-27-26-38-33-20-11-12-25-40(33)47-44(38)45(39)48-46/h1-28H. The van der Waals surface area contributed by atoms with Crippen molar-refractivity contribution in [1.29, 1.82) is 0 Å². The Morgan fingerprint density at radius 2 is 0.771 bits per heavy atom. The summed E-state index contributed by atoms with van der Waals surface area (Å²) in [7, 11) is 0. The zero-order chi connectivity index (χ0) is 31.6. The summed E-state index contributed by atoms with van der Waals surface area (Å²) in [6.07, 6.45) is 0. The Bertz CT molecular complexity index is 2760. The molecule has 0 aliphatic carbocycles. The molecule has 10 rings (SSSR count). The lowest BCUT2D eigenvalue weighted by Gasteiger charge is -2.18. The van der Waals surface area contributed by atoms with Crippen LogP contribution in [0.2, 0.25) is 0 Å². The van der Waals surface area contributed by atoms with Gasteiger partial charge in [0.2, 0.25) is 0 Å². The van der Waals surface area contributed by atoms with Gasteiger partial charge in [0, 0.05) is 27.3 Å². The molecule has 224 valence electrons. The molecule has 0 saturated carbocycles.